The summed E-state index contributed by atoms with van der Waals surface area (Å²) in [5.41, 5.74) is 5.79. The Balaban J connectivity index is 0.00000441. The van der Waals surface area contributed by atoms with E-state index in [1.54, 1.807) is 12.1 Å². The van der Waals surface area contributed by atoms with E-state index < -0.39 is 0 Å². The molecule has 1 rings (SSSR count). The highest BCUT2D eigenvalue weighted by Crippen LogP contribution is 2.17. The van der Waals surface area contributed by atoms with Crippen LogP contribution in [0.4, 0.5) is 0 Å². The summed E-state index contributed by atoms with van der Waals surface area (Å²) in [6.45, 7) is 7.04. The van der Waals surface area contributed by atoms with E-state index in [0.717, 1.165) is 18.6 Å². The van der Waals surface area contributed by atoms with Crippen LogP contribution >= 0.6 is 12.4 Å². The highest BCUT2D eigenvalue weighted by atomic mass is 35.5. The fraction of sp³-hybridized carbons (Fsp3) is 0.562. The zero-order valence-electron chi connectivity index (χ0n) is 13.6. The summed E-state index contributed by atoms with van der Waals surface area (Å²) in [5.74, 6) is 1.26. The van der Waals surface area contributed by atoms with Crippen molar-refractivity contribution in [1.82, 2.24) is 5.32 Å². The molecule has 0 aromatic heterocycles. The number of hydrogen-bond acceptors (Lipinski definition) is 4. The van der Waals surface area contributed by atoms with Gasteiger partial charge in [0.1, 0.15) is 11.5 Å². The lowest BCUT2D eigenvalue weighted by atomic mass is 9.94. The predicted octanol–water partition coefficient (Wildman–Crippen LogP) is 2.52. The Hall–Kier alpha value is -1.46. The lowest BCUT2D eigenvalue weighted by Gasteiger charge is -2.26. The quantitative estimate of drug-likeness (QED) is 0.729. The van der Waals surface area contributed by atoms with Crippen LogP contribution in [0, 0.1) is 0 Å². The van der Waals surface area contributed by atoms with Crippen molar-refractivity contribution in [2.45, 2.75) is 39.2 Å². The maximum atomic E-state index is 11.7. The minimum atomic E-state index is -0.338. The first-order valence-corrected chi connectivity index (χ1v) is 7.44. The third-order valence-corrected chi connectivity index (χ3v) is 3.55. The van der Waals surface area contributed by atoms with Crippen LogP contribution in [0.25, 0.3) is 0 Å². The van der Waals surface area contributed by atoms with Crippen molar-refractivity contribution < 1.29 is 14.3 Å². The van der Waals surface area contributed by atoms with Crippen molar-refractivity contribution in [1.29, 1.82) is 0 Å². The maximum absolute atomic E-state index is 11.7. The second kappa shape index (κ2) is 10.3. The van der Waals surface area contributed by atoms with Gasteiger partial charge < -0.3 is 20.5 Å². The molecule has 0 aliphatic carbocycles. The van der Waals surface area contributed by atoms with E-state index in [4.69, 9.17) is 15.2 Å². The van der Waals surface area contributed by atoms with Crippen LogP contribution in [-0.4, -0.2) is 31.2 Å². The molecule has 3 N–H and O–H groups in total. The van der Waals surface area contributed by atoms with Crippen molar-refractivity contribution in [3.8, 4) is 11.5 Å². The number of nitrogens with one attached hydrogen (secondary N) is 1. The second-order valence-corrected chi connectivity index (χ2v) is 5.04. The number of halogens is 1. The Morgan fingerprint density at radius 2 is 1.59 bits per heavy atom. The summed E-state index contributed by atoms with van der Waals surface area (Å²) in [7, 11) is 0. The number of rotatable bonds is 9. The van der Waals surface area contributed by atoms with E-state index in [1.807, 2.05) is 32.9 Å². The number of carbonyl (C=O) groups is 1. The van der Waals surface area contributed by atoms with E-state index in [-0.39, 0.29) is 30.5 Å². The van der Waals surface area contributed by atoms with Crippen molar-refractivity contribution in [3.63, 3.8) is 0 Å². The monoisotopic (exact) mass is 330 g/mol. The molecule has 0 spiro atoms. The molecule has 126 valence electrons. The van der Waals surface area contributed by atoms with E-state index >= 15 is 0 Å². The van der Waals surface area contributed by atoms with Crippen molar-refractivity contribution in [2.24, 2.45) is 5.73 Å². The molecule has 0 aliphatic rings. The predicted molar refractivity (Wildman–Crippen MR) is 90.9 cm³/mol. The topological polar surface area (TPSA) is 73.6 Å². The first-order valence-electron chi connectivity index (χ1n) is 7.44. The molecule has 5 nitrogen and oxygen atoms in total. The second-order valence-electron chi connectivity index (χ2n) is 5.04. The molecule has 0 saturated heterocycles. The number of nitrogens with two attached hydrogens (primary N) is 1. The van der Waals surface area contributed by atoms with E-state index in [9.17, 15) is 4.79 Å². The first kappa shape index (κ1) is 20.5. The molecule has 1 amide bonds. The zero-order valence-corrected chi connectivity index (χ0v) is 14.4. The van der Waals surface area contributed by atoms with E-state index in [1.165, 1.54) is 0 Å². The van der Waals surface area contributed by atoms with Gasteiger partial charge in [-0.25, -0.2) is 0 Å². The van der Waals surface area contributed by atoms with Gasteiger partial charge in [-0.2, -0.15) is 0 Å². The molecule has 0 heterocycles. The minimum absolute atomic E-state index is 0. The number of carbonyl (C=O) groups excluding carboxylic acids is 1. The van der Waals surface area contributed by atoms with Gasteiger partial charge >= 0.3 is 0 Å². The van der Waals surface area contributed by atoms with Gasteiger partial charge in [0.25, 0.3) is 5.91 Å². The van der Waals surface area contributed by atoms with Gasteiger partial charge in [-0.15, -0.1) is 12.4 Å². The molecule has 6 heteroatoms. The molecule has 0 aliphatic heterocycles. The summed E-state index contributed by atoms with van der Waals surface area (Å²) < 4.78 is 10.8. The standard InChI is InChI=1S/C16H26N2O3.ClH/c1-4-16(17,5-2)12-18-15(19)11-21-14-9-7-13(8-10-14)20-6-3;/h7-10H,4-6,11-12,17H2,1-3H3,(H,18,19);1H. The third-order valence-electron chi connectivity index (χ3n) is 3.55. The van der Waals surface area contributed by atoms with Crippen LogP contribution in [0.1, 0.15) is 33.6 Å². The molecule has 0 unspecified atom stereocenters. The minimum Gasteiger partial charge on any atom is -0.494 e. The van der Waals surface area contributed by atoms with E-state index in [2.05, 4.69) is 5.32 Å². The van der Waals surface area contributed by atoms with Crippen molar-refractivity contribution in [3.05, 3.63) is 24.3 Å². The van der Waals surface area contributed by atoms with Crippen LogP contribution in [0.3, 0.4) is 0 Å². The Morgan fingerprint density at radius 3 is 2.05 bits per heavy atom. The normalized spacial score (nSPS) is 10.5. The molecule has 0 radical (unpaired) electrons. The van der Waals surface area contributed by atoms with E-state index in [0.29, 0.717) is 18.9 Å². The molecule has 1 aromatic rings. The van der Waals surface area contributed by atoms with Gasteiger partial charge in [-0.05, 0) is 44.0 Å². The van der Waals surface area contributed by atoms with Crippen LogP contribution in [0.2, 0.25) is 0 Å². The Bertz CT molecular complexity index is 434. The molecule has 0 bridgehead atoms. The summed E-state index contributed by atoms with van der Waals surface area (Å²) in [6, 6.07) is 7.19. The summed E-state index contributed by atoms with van der Waals surface area (Å²) in [5, 5.41) is 2.81. The molecule has 22 heavy (non-hydrogen) atoms. The van der Waals surface area contributed by atoms with Crippen LogP contribution in [0.15, 0.2) is 24.3 Å². The average molecular weight is 331 g/mol. The lowest BCUT2D eigenvalue weighted by Crippen LogP contribution is -2.50. The van der Waals surface area contributed by atoms with Gasteiger partial charge in [-0.3, -0.25) is 4.79 Å². The highest BCUT2D eigenvalue weighted by molar-refractivity contribution is 5.85. The van der Waals surface area contributed by atoms with Gasteiger partial charge in [0.15, 0.2) is 6.61 Å². The summed E-state index contributed by atoms with van der Waals surface area (Å²) in [6.07, 6.45) is 1.65. The SMILES string of the molecule is CCOc1ccc(OCC(=O)NCC(N)(CC)CC)cc1.Cl. The highest BCUT2D eigenvalue weighted by Gasteiger charge is 2.20. The number of ether oxygens (including phenoxy) is 2. The van der Waals surface area contributed by atoms with Gasteiger partial charge in [0.05, 0.1) is 6.61 Å². The first-order chi connectivity index (χ1) is 10.0. The van der Waals surface area contributed by atoms with Crippen LogP contribution in [0.5, 0.6) is 11.5 Å². The van der Waals surface area contributed by atoms with Crippen molar-refractivity contribution in [2.75, 3.05) is 19.8 Å². The summed E-state index contributed by atoms with van der Waals surface area (Å²) >= 11 is 0. The lowest BCUT2D eigenvalue weighted by molar-refractivity contribution is -0.123. The molecule has 0 fully saturated rings. The third kappa shape index (κ3) is 7.00. The fourth-order valence-corrected chi connectivity index (χ4v) is 1.77. The van der Waals surface area contributed by atoms with Gasteiger partial charge in [0, 0.05) is 12.1 Å². The maximum Gasteiger partial charge on any atom is 0.258 e. The Labute approximate surface area is 139 Å². The smallest absolute Gasteiger partial charge is 0.258 e. The van der Waals surface area contributed by atoms with Crippen LogP contribution < -0.4 is 20.5 Å². The fourth-order valence-electron chi connectivity index (χ4n) is 1.77. The van der Waals surface area contributed by atoms with Crippen molar-refractivity contribution >= 4 is 18.3 Å². The molecule has 0 saturated carbocycles. The molecule has 1 aromatic carbocycles. The van der Waals surface area contributed by atoms with Gasteiger partial charge in [-0.1, -0.05) is 13.8 Å². The molecular weight excluding hydrogens is 304 g/mol. The van der Waals surface area contributed by atoms with Crippen LogP contribution in [-0.2, 0) is 4.79 Å². The molecular formula is C16H27ClN2O3. The zero-order chi connectivity index (χ0) is 15.7. The number of hydrogen-bond donors (Lipinski definition) is 2. The largest absolute Gasteiger partial charge is 0.494 e. The number of benzene rings is 1. The Kier molecular flexibility index (Phi) is 9.61. The van der Waals surface area contributed by atoms with Gasteiger partial charge in [0.2, 0.25) is 0 Å². The Morgan fingerprint density at radius 1 is 1.09 bits per heavy atom. The summed E-state index contributed by atoms with van der Waals surface area (Å²) in [4.78, 5) is 11.7. The average Bonchev–Trinajstić information content (AvgIpc) is 2.52. The molecule has 0 atom stereocenters. The number of amides is 1.